The molecule has 0 saturated carbocycles. The molecule has 170 valence electrons. The lowest BCUT2D eigenvalue weighted by atomic mass is 10.1. The summed E-state index contributed by atoms with van der Waals surface area (Å²) in [6.45, 7) is 1.30. The Bertz CT molecular complexity index is 872. The highest BCUT2D eigenvalue weighted by molar-refractivity contribution is 7.81. The largest absolute Gasteiger partial charge is 0.469 e. The van der Waals surface area contributed by atoms with E-state index in [0.29, 0.717) is 5.56 Å². The molecule has 0 spiro atoms. The number of aromatic nitrogens is 1. The number of fused-ring (bicyclic) bond motifs is 1. The van der Waals surface area contributed by atoms with E-state index in [-0.39, 0.29) is 24.1 Å². The average molecular weight is 473 g/mol. The molecule has 0 fully saturated rings. The number of nitrogens with zero attached hydrogens (tertiary/aromatic N) is 1. The van der Waals surface area contributed by atoms with Crippen molar-refractivity contribution in [2.24, 2.45) is 5.92 Å². The first-order valence-electron chi connectivity index (χ1n) is 7.85. The molecule has 5 nitrogen and oxygen atoms in total. The maximum atomic E-state index is 13.7. The smallest absolute Gasteiger partial charge is 0.460 e. The van der Waals surface area contributed by atoms with E-state index in [4.69, 9.17) is 0 Å². The van der Waals surface area contributed by atoms with E-state index in [0.717, 1.165) is 13.2 Å². The molecule has 0 aromatic carbocycles. The molecule has 2 unspecified atom stereocenters. The van der Waals surface area contributed by atoms with E-state index in [9.17, 15) is 48.5 Å². The molecule has 0 aliphatic heterocycles. The van der Waals surface area contributed by atoms with Crippen molar-refractivity contribution in [3.05, 3.63) is 22.9 Å². The van der Waals surface area contributed by atoms with Crippen molar-refractivity contribution in [1.29, 1.82) is 0 Å². The normalized spacial score (nSPS) is 18.7. The third-order valence-corrected chi connectivity index (χ3v) is 5.33. The van der Waals surface area contributed by atoms with E-state index in [2.05, 4.69) is 13.9 Å². The van der Waals surface area contributed by atoms with Crippen LogP contribution in [0.5, 0.6) is 5.88 Å². The minimum Gasteiger partial charge on any atom is -0.469 e. The third-order valence-electron chi connectivity index (χ3n) is 4.34. The Morgan fingerprint density at radius 1 is 1.07 bits per heavy atom. The van der Waals surface area contributed by atoms with Crippen LogP contribution in [0, 0.1) is 12.8 Å². The van der Waals surface area contributed by atoms with Crippen molar-refractivity contribution in [1.82, 2.24) is 4.98 Å². The van der Waals surface area contributed by atoms with Crippen LogP contribution in [-0.4, -0.2) is 45.5 Å². The molecule has 0 bridgehead atoms. The first-order valence-corrected chi connectivity index (χ1v) is 8.92. The van der Waals surface area contributed by atoms with Gasteiger partial charge in [0.2, 0.25) is 5.88 Å². The second-order valence-electron chi connectivity index (χ2n) is 6.29. The number of carbonyl (C=O) groups excluding carboxylic acids is 1. The van der Waals surface area contributed by atoms with Gasteiger partial charge in [-0.15, -0.1) is 0 Å². The number of esters is 1. The van der Waals surface area contributed by atoms with Crippen LogP contribution >= 0.6 is 0 Å². The summed E-state index contributed by atoms with van der Waals surface area (Å²) >= 11 is -4.67. The summed E-state index contributed by atoms with van der Waals surface area (Å²) in [7, 11) is 1.12. The van der Waals surface area contributed by atoms with Gasteiger partial charge in [0.1, 0.15) is 0 Å². The maximum Gasteiger partial charge on any atom is 0.460 e. The molecule has 1 aliphatic rings. The van der Waals surface area contributed by atoms with Crippen molar-refractivity contribution in [3.63, 3.8) is 0 Å². The summed E-state index contributed by atoms with van der Waals surface area (Å²) in [5.74, 6) is -16.6. The fourth-order valence-electron chi connectivity index (χ4n) is 2.75. The Labute approximate surface area is 165 Å². The highest BCUT2D eigenvalue weighted by Gasteiger charge is 2.84. The van der Waals surface area contributed by atoms with Crippen LogP contribution in [0.4, 0.5) is 39.5 Å². The van der Waals surface area contributed by atoms with E-state index < -0.39 is 52.1 Å². The number of hydrogen-bond acceptors (Lipinski definition) is 5. The minimum atomic E-state index is -7.20. The number of halogens is 9. The predicted molar refractivity (Wildman–Crippen MR) is 81.6 cm³/mol. The maximum absolute atomic E-state index is 13.7. The molecular formula is C15H12F9NO4S. The monoisotopic (exact) mass is 473 g/mol. The van der Waals surface area contributed by atoms with E-state index in [1.54, 1.807) is 0 Å². The number of rotatable bonds is 6. The van der Waals surface area contributed by atoms with Crippen molar-refractivity contribution in [2.45, 2.75) is 43.0 Å². The number of pyridine rings is 1. The van der Waals surface area contributed by atoms with Gasteiger partial charge in [0.15, 0.2) is 0 Å². The number of ether oxygens (including phenoxy) is 1. The second-order valence-corrected chi connectivity index (χ2v) is 7.44. The van der Waals surface area contributed by atoms with Gasteiger partial charge in [0.25, 0.3) is 11.1 Å². The fourth-order valence-corrected chi connectivity index (χ4v) is 3.43. The summed E-state index contributed by atoms with van der Waals surface area (Å²) in [5, 5.41) is -6.44. The van der Waals surface area contributed by atoms with Crippen LogP contribution in [0.25, 0.3) is 0 Å². The molecule has 30 heavy (non-hydrogen) atoms. The molecule has 0 radical (unpaired) electrons. The number of alkyl halides is 9. The van der Waals surface area contributed by atoms with Gasteiger partial charge >= 0.3 is 29.2 Å². The van der Waals surface area contributed by atoms with E-state index in [1.165, 1.54) is 6.92 Å². The molecule has 2 atom stereocenters. The van der Waals surface area contributed by atoms with Crippen LogP contribution in [-0.2, 0) is 33.5 Å². The van der Waals surface area contributed by atoms with Gasteiger partial charge in [0.05, 0.1) is 13.0 Å². The highest BCUT2D eigenvalue weighted by atomic mass is 32.2. The number of hydrogen-bond donors (Lipinski definition) is 0. The lowest BCUT2D eigenvalue weighted by Gasteiger charge is -2.32. The average Bonchev–Trinajstić information content (AvgIpc) is 3.04. The Kier molecular flexibility index (Phi) is 6.11. The van der Waals surface area contributed by atoms with Gasteiger partial charge in [-0.1, -0.05) is 0 Å². The standard InChI is InChI=1S/C15H12F9NO4S/c1-6-9-4-8(11(26)28-2)3-7(9)5-10(25-6)29-30(27)15(23,24)13(18,19)12(16,17)14(20,21)22/h5,8H,3-4H2,1-2H3. The van der Waals surface area contributed by atoms with E-state index in [1.807, 2.05) is 0 Å². The number of carbonyl (C=O) groups is 1. The molecule has 1 aromatic rings. The first-order chi connectivity index (χ1) is 13.5. The zero-order chi connectivity index (χ0) is 23.3. The third kappa shape index (κ3) is 3.83. The van der Waals surface area contributed by atoms with Crippen molar-refractivity contribution in [2.75, 3.05) is 7.11 Å². The Morgan fingerprint density at radius 2 is 1.63 bits per heavy atom. The molecule has 1 heterocycles. The first kappa shape index (κ1) is 24.2. The second kappa shape index (κ2) is 7.57. The molecule has 1 aliphatic carbocycles. The van der Waals surface area contributed by atoms with Gasteiger partial charge in [0, 0.05) is 11.8 Å². The van der Waals surface area contributed by atoms with Crippen molar-refractivity contribution < 1.29 is 57.4 Å². The van der Waals surface area contributed by atoms with Crippen LogP contribution in [0.3, 0.4) is 0 Å². The zero-order valence-electron chi connectivity index (χ0n) is 15.0. The number of aryl methyl sites for hydroxylation is 1. The molecular weight excluding hydrogens is 461 g/mol. The summed E-state index contributed by atoms with van der Waals surface area (Å²) in [4.78, 5) is 15.2. The summed E-state index contributed by atoms with van der Waals surface area (Å²) in [5.41, 5.74) is 0.784. The lowest BCUT2D eigenvalue weighted by molar-refractivity contribution is -0.382. The van der Waals surface area contributed by atoms with Crippen molar-refractivity contribution in [3.8, 4) is 5.88 Å². The van der Waals surface area contributed by atoms with Crippen LogP contribution in [0.1, 0.15) is 16.8 Å². The van der Waals surface area contributed by atoms with Crippen LogP contribution < -0.4 is 4.18 Å². The molecule has 0 saturated heterocycles. The molecule has 0 amide bonds. The fraction of sp³-hybridized carbons (Fsp3) is 0.600. The van der Waals surface area contributed by atoms with Crippen LogP contribution in [0.15, 0.2) is 6.07 Å². The van der Waals surface area contributed by atoms with Gasteiger partial charge in [-0.2, -0.15) is 39.5 Å². The lowest BCUT2D eigenvalue weighted by Crippen LogP contribution is -2.62. The van der Waals surface area contributed by atoms with Gasteiger partial charge in [-0.05, 0) is 30.9 Å². The topological polar surface area (TPSA) is 65.5 Å². The summed E-state index contributed by atoms with van der Waals surface area (Å²) < 4.78 is 136. The Balaban J connectivity index is 2.31. The summed E-state index contributed by atoms with van der Waals surface area (Å²) in [6.07, 6.45) is -6.92. The zero-order valence-corrected chi connectivity index (χ0v) is 15.8. The Hall–Kier alpha value is -2.06. The summed E-state index contributed by atoms with van der Waals surface area (Å²) in [6, 6.07) is 0.847. The van der Waals surface area contributed by atoms with Gasteiger partial charge < -0.3 is 8.92 Å². The quantitative estimate of drug-likeness (QED) is 0.465. The highest BCUT2D eigenvalue weighted by Crippen LogP contribution is 2.54. The SMILES string of the molecule is COC(=O)C1Cc2cc(OS(=O)C(F)(F)C(F)(F)C(F)(F)C(F)(F)F)nc(C)c2C1. The number of methoxy groups -OCH3 is 1. The van der Waals surface area contributed by atoms with Crippen molar-refractivity contribution >= 4 is 17.0 Å². The molecule has 15 heteroatoms. The van der Waals surface area contributed by atoms with Gasteiger partial charge in [-0.3, -0.25) is 4.79 Å². The van der Waals surface area contributed by atoms with E-state index >= 15 is 0 Å². The Morgan fingerprint density at radius 3 is 2.13 bits per heavy atom. The molecule has 2 rings (SSSR count). The minimum absolute atomic E-state index is 0.00689. The van der Waals surface area contributed by atoms with Crippen LogP contribution in [0.2, 0.25) is 0 Å². The van der Waals surface area contributed by atoms with Gasteiger partial charge in [-0.25, -0.2) is 9.19 Å². The molecule has 1 aromatic heterocycles. The molecule has 0 N–H and O–H groups in total. The predicted octanol–water partition coefficient (Wildman–Crippen LogP) is 3.75.